The van der Waals surface area contributed by atoms with E-state index in [4.69, 9.17) is 23.7 Å². The van der Waals surface area contributed by atoms with Gasteiger partial charge in [0.05, 0.1) is 34.0 Å². The smallest absolute Gasteiger partial charge is 0.337 e. The third-order valence-corrected chi connectivity index (χ3v) is 8.22. The largest absolute Gasteiger partial charge is 0.496 e. The van der Waals surface area contributed by atoms with Crippen molar-refractivity contribution in [3.63, 3.8) is 0 Å². The number of benzene rings is 2. The number of ether oxygens (including phenoxy) is 5. The lowest BCUT2D eigenvalue weighted by atomic mass is 9.71. The highest BCUT2D eigenvalue weighted by atomic mass is 16.5. The summed E-state index contributed by atoms with van der Waals surface area (Å²) in [7, 11) is 6.28. The number of carbonyl (C=O) groups excluding carboxylic acids is 2. The summed E-state index contributed by atoms with van der Waals surface area (Å²) in [6.45, 7) is 1.87. The third-order valence-electron chi connectivity index (χ3n) is 8.22. The summed E-state index contributed by atoms with van der Waals surface area (Å²) >= 11 is 0. The topological polar surface area (TPSA) is 92.3 Å². The number of hydrogen-bond donors (Lipinski definition) is 1. The summed E-state index contributed by atoms with van der Waals surface area (Å²) in [6, 6.07) is 11.4. The maximum Gasteiger partial charge on any atom is 0.337 e. The maximum atomic E-state index is 14.0. The highest BCUT2D eigenvalue weighted by molar-refractivity contribution is 6.04. The van der Waals surface area contributed by atoms with Gasteiger partial charge in [0.25, 0.3) is 0 Å². The van der Waals surface area contributed by atoms with Crippen molar-refractivity contribution in [2.24, 2.45) is 0 Å². The molecule has 0 radical (unpaired) electrons. The van der Waals surface area contributed by atoms with Crippen molar-refractivity contribution in [2.75, 3.05) is 28.4 Å². The van der Waals surface area contributed by atoms with E-state index in [0.717, 1.165) is 42.7 Å². The van der Waals surface area contributed by atoms with Gasteiger partial charge in [0.2, 0.25) is 5.75 Å². The molecule has 2 aromatic carbocycles. The number of esters is 1. The average Bonchev–Trinajstić information content (AvgIpc) is 3.48. The molecule has 212 valence electrons. The van der Waals surface area contributed by atoms with Crippen LogP contribution in [-0.4, -0.2) is 46.3 Å². The molecule has 0 saturated heterocycles. The fraction of sp³-hybridized carbons (Fsp3) is 0.438. The summed E-state index contributed by atoms with van der Waals surface area (Å²) in [5.41, 5.74) is 4.18. The molecule has 2 aromatic rings. The van der Waals surface area contributed by atoms with Crippen LogP contribution in [0.25, 0.3) is 0 Å². The molecule has 0 amide bonds. The van der Waals surface area contributed by atoms with Gasteiger partial charge in [0, 0.05) is 35.2 Å². The number of Topliss-reactive ketones (excluding diaryl/α,β-unsaturated/α-hetero) is 1. The van der Waals surface area contributed by atoms with Crippen molar-refractivity contribution in [2.45, 2.75) is 63.4 Å². The van der Waals surface area contributed by atoms with E-state index in [-0.39, 0.29) is 17.8 Å². The van der Waals surface area contributed by atoms with Crippen molar-refractivity contribution >= 4 is 11.8 Å². The van der Waals surface area contributed by atoms with E-state index in [1.807, 2.05) is 43.3 Å². The van der Waals surface area contributed by atoms with Gasteiger partial charge in [-0.25, -0.2) is 4.79 Å². The summed E-state index contributed by atoms with van der Waals surface area (Å²) < 4.78 is 28.4. The van der Waals surface area contributed by atoms with Crippen LogP contribution in [0.15, 0.2) is 58.9 Å². The molecule has 2 atom stereocenters. The molecule has 3 aliphatic rings. The first-order chi connectivity index (χ1) is 19.4. The molecule has 1 saturated carbocycles. The molecule has 2 aliphatic carbocycles. The SMILES string of the molecule is COc1ccccc1[C@@H]1CC(=O)C2=C(C1)NC(C)=C(C(=O)OC1CCCC1)[C@@H]2c1cc(OC)c(OC)c(OC)c1. The molecule has 1 N–H and O–H groups in total. The minimum Gasteiger partial charge on any atom is -0.496 e. The molecule has 1 fully saturated rings. The monoisotopic (exact) mass is 547 g/mol. The van der Waals surface area contributed by atoms with Gasteiger partial charge in [-0.15, -0.1) is 0 Å². The molecule has 0 unspecified atom stereocenters. The Hall–Kier alpha value is -3.94. The second kappa shape index (κ2) is 11.7. The number of hydrogen-bond acceptors (Lipinski definition) is 8. The average molecular weight is 548 g/mol. The Balaban J connectivity index is 1.63. The predicted molar refractivity (Wildman–Crippen MR) is 150 cm³/mol. The van der Waals surface area contributed by atoms with Crippen LogP contribution in [0.5, 0.6) is 23.0 Å². The van der Waals surface area contributed by atoms with Crippen molar-refractivity contribution in [1.29, 1.82) is 0 Å². The van der Waals surface area contributed by atoms with Gasteiger partial charge in [-0.1, -0.05) is 18.2 Å². The Labute approximate surface area is 235 Å². The van der Waals surface area contributed by atoms with Crippen LogP contribution in [0.3, 0.4) is 0 Å². The number of methoxy groups -OCH3 is 4. The van der Waals surface area contributed by atoms with Crippen LogP contribution in [0, 0.1) is 0 Å². The summed E-state index contributed by atoms with van der Waals surface area (Å²) in [6.07, 6.45) is 4.59. The van der Waals surface area contributed by atoms with Crippen LogP contribution in [0.1, 0.15) is 68.4 Å². The molecule has 8 heteroatoms. The summed E-state index contributed by atoms with van der Waals surface area (Å²) in [4.78, 5) is 27.8. The van der Waals surface area contributed by atoms with E-state index in [0.29, 0.717) is 52.5 Å². The first-order valence-corrected chi connectivity index (χ1v) is 13.8. The minimum absolute atomic E-state index is 0.0259. The number of para-hydroxylation sites is 1. The van der Waals surface area contributed by atoms with Crippen LogP contribution in [-0.2, 0) is 14.3 Å². The molecular formula is C32H37NO7. The van der Waals surface area contributed by atoms with Gasteiger partial charge in [-0.3, -0.25) is 4.79 Å². The molecule has 5 rings (SSSR count). The minimum atomic E-state index is -0.648. The lowest BCUT2D eigenvalue weighted by Crippen LogP contribution is -2.36. The van der Waals surface area contributed by atoms with Crippen LogP contribution < -0.4 is 24.3 Å². The molecule has 1 heterocycles. The van der Waals surface area contributed by atoms with Crippen LogP contribution in [0.4, 0.5) is 0 Å². The second-order valence-corrected chi connectivity index (χ2v) is 10.5. The lowest BCUT2D eigenvalue weighted by Gasteiger charge is -2.37. The van der Waals surface area contributed by atoms with Crippen LogP contribution >= 0.6 is 0 Å². The normalized spacial score (nSPS) is 21.1. The van der Waals surface area contributed by atoms with Gasteiger partial charge in [-0.05, 0) is 68.4 Å². The standard InChI is InChI=1S/C32H37NO7/c1-18-28(32(35)40-21-10-6-7-11-21)29(20-16-26(37-3)31(39-5)27(17-20)38-4)30-23(33-18)14-19(15-24(30)34)22-12-8-9-13-25(22)36-2/h8-9,12-13,16-17,19,21,29,33H,6-7,10-11,14-15H2,1-5H3/t19-,29-/m0/s1. The van der Waals surface area contributed by atoms with E-state index in [2.05, 4.69) is 5.32 Å². The number of dihydropyridines is 1. The number of rotatable bonds is 8. The van der Waals surface area contributed by atoms with Crippen molar-refractivity contribution < 1.29 is 33.3 Å². The Morgan fingerprint density at radius 2 is 1.52 bits per heavy atom. The van der Waals surface area contributed by atoms with E-state index < -0.39 is 11.9 Å². The number of carbonyl (C=O) groups is 2. The van der Waals surface area contributed by atoms with Crippen LogP contribution in [0.2, 0.25) is 0 Å². The Kier molecular flexibility index (Phi) is 8.05. The zero-order valence-corrected chi connectivity index (χ0v) is 23.8. The third kappa shape index (κ3) is 5.03. The van der Waals surface area contributed by atoms with Gasteiger partial charge in [-0.2, -0.15) is 0 Å². The number of nitrogens with one attached hydrogen (secondary N) is 1. The van der Waals surface area contributed by atoms with Gasteiger partial charge >= 0.3 is 5.97 Å². The summed E-state index contributed by atoms with van der Waals surface area (Å²) in [5.74, 6) is 0.972. The fourth-order valence-corrected chi connectivity index (χ4v) is 6.36. The molecule has 0 spiro atoms. The Morgan fingerprint density at radius 1 is 0.875 bits per heavy atom. The highest BCUT2D eigenvalue weighted by Crippen LogP contribution is 2.50. The lowest BCUT2D eigenvalue weighted by molar-refractivity contribution is -0.144. The van der Waals surface area contributed by atoms with Gasteiger partial charge < -0.3 is 29.0 Å². The molecular weight excluding hydrogens is 510 g/mol. The van der Waals surface area contributed by atoms with E-state index in [1.54, 1.807) is 28.4 Å². The second-order valence-electron chi connectivity index (χ2n) is 10.5. The maximum absolute atomic E-state index is 14.0. The van der Waals surface area contributed by atoms with E-state index in [9.17, 15) is 9.59 Å². The number of ketones is 1. The van der Waals surface area contributed by atoms with E-state index >= 15 is 0 Å². The van der Waals surface area contributed by atoms with Gasteiger partial charge in [0.1, 0.15) is 11.9 Å². The van der Waals surface area contributed by atoms with Gasteiger partial charge in [0.15, 0.2) is 17.3 Å². The zero-order chi connectivity index (χ0) is 28.4. The van der Waals surface area contributed by atoms with Crippen molar-refractivity contribution in [3.05, 3.63) is 70.1 Å². The summed E-state index contributed by atoms with van der Waals surface area (Å²) in [5, 5.41) is 3.43. The highest BCUT2D eigenvalue weighted by Gasteiger charge is 2.43. The molecule has 8 nitrogen and oxygen atoms in total. The molecule has 1 aliphatic heterocycles. The Bertz CT molecular complexity index is 1340. The quantitative estimate of drug-likeness (QED) is 0.429. The first-order valence-electron chi connectivity index (χ1n) is 13.8. The van der Waals surface area contributed by atoms with E-state index in [1.165, 1.54) is 0 Å². The molecule has 0 bridgehead atoms. The van der Waals surface area contributed by atoms with Crippen molar-refractivity contribution in [1.82, 2.24) is 5.32 Å². The molecule has 0 aromatic heterocycles. The zero-order valence-electron chi connectivity index (χ0n) is 23.8. The van der Waals surface area contributed by atoms with Crippen molar-refractivity contribution in [3.8, 4) is 23.0 Å². The number of allylic oxidation sites excluding steroid dienone is 3. The predicted octanol–water partition coefficient (Wildman–Crippen LogP) is 5.57. The Morgan fingerprint density at radius 3 is 2.15 bits per heavy atom. The first kappa shape index (κ1) is 27.6. The fourth-order valence-electron chi connectivity index (χ4n) is 6.36. The molecule has 40 heavy (non-hydrogen) atoms.